The molecule has 57 heavy (non-hydrogen) atoms. The zero-order chi connectivity index (χ0) is 42.5. The first kappa shape index (κ1) is 44.5. The molecule has 0 atom stereocenters. The van der Waals surface area contributed by atoms with Crippen LogP contribution in [0.15, 0.2) is 60.9 Å². The summed E-state index contributed by atoms with van der Waals surface area (Å²) in [5.41, 5.74) is -4.25. The zero-order valence-corrected chi connectivity index (χ0v) is 32.2. The maximum Gasteiger partial charge on any atom is 0.419 e. The third-order valence-corrected chi connectivity index (χ3v) is 8.40. The van der Waals surface area contributed by atoms with E-state index >= 15 is 0 Å². The van der Waals surface area contributed by atoms with Crippen molar-refractivity contribution >= 4 is 11.9 Å². The van der Waals surface area contributed by atoms with Crippen LogP contribution < -0.4 is 19.1 Å². The summed E-state index contributed by atoms with van der Waals surface area (Å²) in [5, 5.41) is 0. The van der Waals surface area contributed by atoms with Crippen molar-refractivity contribution in [3.63, 3.8) is 0 Å². The number of carbonyl (C=O) groups is 1. The number of aromatic nitrogens is 2. The number of anilines is 1. The molecule has 0 spiro atoms. The lowest BCUT2D eigenvalue weighted by molar-refractivity contribution is -0.155. The maximum absolute atomic E-state index is 14.5. The van der Waals surface area contributed by atoms with Crippen LogP contribution in [0.4, 0.5) is 45.5 Å². The van der Waals surface area contributed by atoms with Crippen LogP contribution in [-0.2, 0) is 41.1 Å². The molecule has 0 aliphatic rings. The van der Waals surface area contributed by atoms with Gasteiger partial charge in [-0.3, -0.25) is 4.79 Å². The van der Waals surface area contributed by atoms with Gasteiger partial charge in [-0.15, -0.1) is 0 Å². The second-order valence-corrected chi connectivity index (χ2v) is 14.3. The lowest BCUT2D eigenvalue weighted by atomic mass is 9.92. The minimum Gasteiger partial charge on any atom is -0.496 e. The monoisotopic (exact) mass is 815 g/mol. The van der Waals surface area contributed by atoms with E-state index in [0.29, 0.717) is 17.7 Å². The highest BCUT2D eigenvalue weighted by atomic mass is 19.4. The fourth-order valence-electron chi connectivity index (χ4n) is 5.77. The van der Waals surface area contributed by atoms with E-state index < -0.39 is 71.2 Å². The summed E-state index contributed by atoms with van der Waals surface area (Å²) in [7, 11) is 2.42. The molecule has 0 N–H and O–H groups in total. The van der Waals surface area contributed by atoms with Gasteiger partial charge in [0.15, 0.2) is 5.75 Å². The quantitative estimate of drug-likeness (QED) is 0.0707. The molecule has 1 aromatic heterocycles. The summed E-state index contributed by atoms with van der Waals surface area (Å²) in [6.07, 6.45) is -12.6. The number of nitrogens with zero attached hydrogens (tertiary/aromatic N) is 3. The molecule has 0 aliphatic carbocycles. The van der Waals surface area contributed by atoms with Crippen LogP contribution in [-0.4, -0.2) is 42.4 Å². The van der Waals surface area contributed by atoms with Gasteiger partial charge in [0.1, 0.15) is 17.1 Å². The van der Waals surface area contributed by atoms with Gasteiger partial charge in [-0.25, -0.2) is 9.97 Å². The molecule has 0 fully saturated rings. The average molecular weight is 816 g/mol. The van der Waals surface area contributed by atoms with Crippen LogP contribution >= 0.6 is 0 Å². The third kappa shape index (κ3) is 12.1. The number of esters is 1. The summed E-state index contributed by atoms with van der Waals surface area (Å²) in [5.74, 6) is -0.910. The largest absolute Gasteiger partial charge is 0.496 e. The number of hydrogen-bond donors (Lipinski definition) is 0. The number of alkyl halides is 9. The van der Waals surface area contributed by atoms with E-state index in [1.807, 2.05) is 13.8 Å². The number of methoxy groups -OCH3 is 2. The standard InChI is InChI=1S/C40H42F9N3O5/c1-23(2)25-10-11-33(54-6)31(15-25)30-18-34(55-7)32(40(47,48)49)16-26(30)22-52(21-24-13-27(38(41,42)43)17-28(14-24)39(44,45)46)36-50-19-29(20-51-36)56-12-8-9-35(53)57-37(3,4)5/h10-11,13-20,23H,8-9,12,21-22H2,1-7H3. The molecule has 0 radical (unpaired) electrons. The molecular weight excluding hydrogens is 773 g/mol. The molecule has 4 aromatic rings. The number of ether oxygens (including phenoxy) is 4. The number of benzene rings is 3. The lowest BCUT2D eigenvalue weighted by Crippen LogP contribution is -2.26. The molecule has 0 aliphatic heterocycles. The molecule has 3 aromatic carbocycles. The Labute approximate surface area is 323 Å². The molecule has 8 nitrogen and oxygen atoms in total. The number of halogens is 9. The average Bonchev–Trinajstić information content (AvgIpc) is 3.11. The van der Waals surface area contributed by atoms with Crippen LogP contribution in [0.25, 0.3) is 11.1 Å². The predicted octanol–water partition coefficient (Wildman–Crippen LogP) is 11.0. The fraction of sp³-hybridized carbons (Fsp3) is 0.425. The van der Waals surface area contributed by atoms with Gasteiger partial charge in [-0.05, 0) is 97.8 Å². The van der Waals surface area contributed by atoms with Gasteiger partial charge < -0.3 is 23.8 Å². The highest BCUT2D eigenvalue weighted by Crippen LogP contribution is 2.44. The first-order chi connectivity index (χ1) is 26.4. The van der Waals surface area contributed by atoms with Crippen molar-refractivity contribution in [2.75, 3.05) is 25.7 Å². The van der Waals surface area contributed by atoms with Gasteiger partial charge in [0.25, 0.3) is 0 Å². The van der Waals surface area contributed by atoms with Crippen LogP contribution in [0.2, 0.25) is 0 Å². The Morgan fingerprint density at radius 2 is 1.33 bits per heavy atom. The molecule has 1 heterocycles. The van der Waals surface area contributed by atoms with Gasteiger partial charge in [0, 0.05) is 25.1 Å². The van der Waals surface area contributed by atoms with Crippen molar-refractivity contribution in [1.29, 1.82) is 0 Å². The summed E-state index contributed by atoms with van der Waals surface area (Å²) in [6.45, 7) is 7.73. The molecule has 0 saturated carbocycles. The van der Waals surface area contributed by atoms with Gasteiger partial charge >= 0.3 is 24.5 Å². The summed E-state index contributed by atoms with van der Waals surface area (Å²) < 4.78 is 148. The Hall–Kier alpha value is -5.22. The van der Waals surface area contributed by atoms with Crippen LogP contribution in [0, 0.1) is 0 Å². The predicted molar refractivity (Wildman–Crippen MR) is 193 cm³/mol. The minimum atomic E-state index is -5.16. The molecular formula is C40H42F9N3O5. The van der Waals surface area contributed by atoms with E-state index in [0.717, 1.165) is 29.7 Å². The molecule has 0 amide bonds. The third-order valence-electron chi connectivity index (χ3n) is 8.40. The van der Waals surface area contributed by atoms with E-state index in [1.165, 1.54) is 19.5 Å². The summed E-state index contributed by atoms with van der Waals surface area (Å²) >= 11 is 0. The molecule has 0 unspecified atom stereocenters. The number of carbonyl (C=O) groups excluding carboxylic acids is 1. The Balaban J connectivity index is 1.85. The molecule has 0 bridgehead atoms. The minimum absolute atomic E-state index is 0.0233. The Morgan fingerprint density at radius 3 is 1.84 bits per heavy atom. The highest BCUT2D eigenvalue weighted by molar-refractivity contribution is 5.77. The van der Waals surface area contributed by atoms with Crippen molar-refractivity contribution in [2.45, 2.75) is 90.6 Å². The van der Waals surface area contributed by atoms with Crippen LogP contribution in [0.3, 0.4) is 0 Å². The topological polar surface area (TPSA) is 83.0 Å². The second-order valence-electron chi connectivity index (χ2n) is 14.3. The fourth-order valence-corrected chi connectivity index (χ4v) is 5.77. The first-order valence-corrected chi connectivity index (χ1v) is 17.6. The smallest absolute Gasteiger partial charge is 0.419 e. The first-order valence-electron chi connectivity index (χ1n) is 17.6. The Kier molecular flexibility index (Phi) is 13.7. The molecule has 0 saturated heterocycles. The van der Waals surface area contributed by atoms with Crippen molar-refractivity contribution < 1.29 is 63.3 Å². The molecule has 17 heteroatoms. The SMILES string of the molecule is COc1ccc(C(C)C)cc1-c1cc(OC)c(C(F)(F)F)cc1CN(Cc1cc(C(F)(F)F)cc(C(F)(F)F)c1)c1ncc(OCCCC(=O)OC(C)(C)C)cn1. The van der Waals surface area contributed by atoms with Crippen molar-refractivity contribution in [2.24, 2.45) is 0 Å². The maximum atomic E-state index is 14.5. The summed E-state index contributed by atoms with van der Waals surface area (Å²) in [6, 6.07) is 8.11. The van der Waals surface area contributed by atoms with Crippen LogP contribution in [0.5, 0.6) is 17.2 Å². The summed E-state index contributed by atoms with van der Waals surface area (Å²) in [4.78, 5) is 21.7. The van der Waals surface area contributed by atoms with E-state index in [9.17, 15) is 44.3 Å². The Morgan fingerprint density at radius 1 is 0.737 bits per heavy atom. The molecule has 310 valence electrons. The number of hydrogen-bond acceptors (Lipinski definition) is 8. The normalized spacial score (nSPS) is 12.4. The van der Waals surface area contributed by atoms with Crippen molar-refractivity contribution in [3.8, 4) is 28.4 Å². The second kappa shape index (κ2) is 17.5. The van der Waals surface area contributed by atoms with Gasteiger partial charge in [-0.2, -0.15) is 39.5 Å². The zero-order valence-electron chi connectivity index (χ0n) is 32.2. The van der Waals surface area contributed by atoms with Crippen molar-refractivity contribution in [1.82, 2.24) is 9.97 Å². The number of rotatable bonds is 14. The van der Waals surface area contributed by atoms with E-state index in [1.54, 1.807) is 39.0 Å². The highest BCUT2D eigenvalue weighted by Gasteiger charge is 2.38. The Bertz CT molecular complexity index is 1970. The van der Waals surface area contributed by atoms with Crippen LogP contribution in [0.1, 0.15) is 86.8 Å². The van der Waals surface area contributed by atoms with E-state index in [-0.39, 0.29) is 60.0 Å². The van der Waals surface area contributed by atoms with E-state index in [2.05, 4.69) is 9.97 Å². The van der Waals surface area contributed by atoms with E-state index in [4.69, 9.17) is 18.9 Å². The lowest BCUT2D eigenvalue weighted by Gasteiger charge is -2.27. The van der Waals surface area contributed by atoms with Gasteiger partial charge in [0.05, 0.1) is 49.9 Å². The van der Waals surface area contributed by atoms with Gasteiger partial charge in [-0.1, -0.05) is 19.9 Å². The van der Waals surface area contributed by atoms with Gasteiger partial charge in [0.2, 0.25) is 5.95 Å². The molecule has 4 rings (SSSR count). The van der Waals surface area contributed by atoms with Crippen molar-refractivity contribution in [3.05, 3.63) is 94.3 Å².